The van der Waals surface area contributed by atoms with E-state index in [0.717, 1.165) is 77.0 Å². The van der Waals surface area contributed by atoms with Gasteiger partial charge in [-0.2, -0.15) is 13.2 Å². The molecule has 7 heteroatoms. The predicted molar refractivity (Wildman–Crippen MR) is 115 cm³/mol. The maximum absolute atomic E-state index is 13.2. The van der Waals surface area contributed by atoms with Crippen LogP contribution in [0.5, 0.6) is 0 Å². The second-order valence-corrected chi connectivity index (χ2v) is 12.7. The van der Waals surface area contributed by atoms with Crippen molar-refractivity contribution in [3.8, 4) is 0 Å². The van der Waals surface area contributed by atoms with E-state index in [4.69, 9.17) is 4.52 Å². The molecule has 0 heterocycles. The molecule has 0 unspecified atom stereocenters. The van der Waals surface area contributed by atoms with E-state index in [1.54, 1.807) is 0 Å². The van der Waals surface area contributed by atoms with Gasteiger partial charge in [-0.1, -0.05) is 19.3 Å². The van der Waals surface area contributed by atoms with Crippen molar-refractivity contribution in [1.82, 2.24) is 0 Å². The first-order valence-electron chi connectivity index (χ1n) is 11.4. The molecule has 3 aliphatic rings. The first-order valence-corrected chi connectivity index (χ1v) is 13.4. The van der Waals surface area contributed by atoms with Crippen LogP contribution in [0.15, 0.2) is 12.7 Å². The number of hydrogen-bond acceptors (Lipinski definition) is 2. The van der Waals surface area contributed by atoms with Crippen molar-refractivity contribution in [2.75, 3.05) is 0 Å². The standard InChI is InChI=1S/C20H33F3O2P.C3H5.Ni/c21-20(22,23)19(24)25-26(16-10-4-1-5-11-16,17-12-6-2-7-13-17)18-14-8-3-9-15-18;1-3-2;/h16-18H,1-15H2;3H,1-2H2;/q+1;-1;. The zero-order valence-electron chi connectivity index (χ0n) is 18.0. The summed E-state index contributed by atoms with van der Waals surface area (Å²) in [5.41, 5.74) is 0.649. The van der Waals surface area contributed by atoms with Crippen LogP contribution >= 0.6 is 7.49 Å². The topological polar surface area (TPSA) is 26.3 Å². The zero-order chi connectivity index (χ0) is 21.3. The van der Waals surface area contributed by atoms with E-state index in [2.05, 4.69) is 13.5 Å². The molecule has 0 N–H and O–H groups in total. The van der Waals surface area contributed by atoms with Crippen LogP contribution in [0, 0.1) is 6.92 Å². The van der Waals surface area contributed by atoms with Crippen molar-refractivity contribution in [3.63, 3.8) is 0 Å². The summed E-state index contributed by atoms with van der Waals surface area (Å²) in [5, 5.41) is 0. The van der Waals surface area contributed by atoms with Crippen molar-refractivity contribution < 1.29 is 39.0 Å². The molecule has 0 aromatic heterocycles. The van der Waals surface area contributed by atoms with Gasteiger partial charge in [0, 0.05) is 16.5 Å². The summed E-state index contributed by atoms with van der Waals surface area (Å²) in [4.78, 5) is 12.1. The first-order chi connectivity index (χ1) is 13.9. The van der Waals surface area contributed by atoms with Gasteiger partial charge in [-0.05, 0) is 77.0 Å². The van der Waals surface area contributed by atoms with Crippen molar-refractivity contribution in [2.45, 2.75) is 119 Å². The summed E-state index contributed by atoms with van der Waals surface area (Å²) >= 11 is 0. The minimum Gasteiger partial charge on any atom is -0.303 e. The molecular weight excluding hydrogens is 455 g/mol. The van der Waals surface area contributed by atoms with E-state index in [0.29, 0.717) is 0 Å². The molecule has 3 fully saturated rings. The largest absolute Gasteiger partial charge is 0.495 e. The predicted octanol–water partition coefficient (Wildman–Crippen LogP) is 8.03. The summed E-state index contributed by atoms with van der Waals surface area (Å²) in [5.74, 6) is -1.90. The molecule has 0 atom stereocenters. The fourth-order valence-corrected chi connectivity index (χ4v) is 11.9. The Bertz CT molecular complexity index is 464. The molecule has 30 heavy (non-hydrogen) atoms. The first kappa shape index (κ1) is 27.8. The monoisotopic (exact) mass is 492 g/mol. The van der Waals surface area contributed by atoms with Crippen molar-refractivity contribution in [2.24, 2.45) is 0 Å². The van der Waals surface area contributed by atoms with Crippen LogP contribution in [0.1, 0.15) is 96.3 Å². The van der Waals surface area contributed by atoms with Gasteiger partial charge in [-0.15, -0.1) is 0 Å². The molecular formula is C23H38F3NiO2P. The second-order valence-electron chi connectivity index (χ2n) is 8.80. The summed E-state index contributed by atoms with van der Waals surface area (Å²) in [6.45, 7) is 6.50. The van der Waals surface area contributed by atoms with Crippen LogP contribution in [-0.4, -0.2) is 29.1 Å². The molecule has 3 saturated carbocycles. The Hall–Kier alpha value is -0.206. The van der Waals surface area contributed by atoms with E-state index < -0.39 is 19.6 Å². The smallest absolute Gasteiger partial charge is 0.303 e. The third kappa shape index (κ3) is 7.16. The van der Waals surface area contributed by atoms with Gasteiger partial charge in [0.1, 0.15) is 17.0 Å². The van der Waals surface area contributed by atoms with Crippen molar-refractivity contribution >= 4 is 13.5 Å². The van der Waals surface area contributed by atoms with Crippen LogP contribution < -0.4 is 0 Å². The maximum atomic E-state index is 13.2. The number of carbonyl (C=O) groups is 1. The molecule has 0 aliphatic heterocycles. The maximum Gasteiger partial charge on any atom is 0.495 e. The number of hydrogen-bond donors (Lipinski definition) is 0. The summed E-state index contributed by atoms with van der Waals surface area (Å²) in [6.07, 6.45) is 12.4. The number of alkyl halides is 3. The average molecular weight is 493 g/mol. The molecule has 0 aromatic carbocycles. The molecule has 0 saturated heterocycles. The van der Waals surface area contributed by atoms with Crippen LogP contribution in [-0.2, 0) is 25.8 Å². The van der Waals surface area contributed by atoms with Crippen LogP contribution in [0.2, 0.25) is 0 Å². The number of halogens is 3. The Balaban J connectivity index is 0.00000106. The molecule has 178 valence electrons. The van der Waals surface area contributed by atoms with Gasteiger partial charge in [-0.3, -0.25) is 0 Å². The van der Waals surface area contributed by atoms with Gasteiger partial charge in [-0.25, -0.2) is 24.4 Å². The van der Waals surface area contributed by atoms with E-state index in [9.17, 15) is 18.0 Å². The van der Waals surface area contributed by atoms with E-state index >= 15 is 0 Å². The van der Waals surface area contributed by atoms with Gasteiger partial charge in [0.15, 0.2) is 0 Å². The second kappa shape index (κ2) is 13.4. The van der Waals surface area contributed by atoms with Gasteiger partial charge >= 0.3 is 12.1 Å². The number of carbonyl (C=O) groups excluding carboxylic acids is 1. The SMILES string of the molecule is C=C[CH2-].O=C(O[P+](C1CCCCC1)(C1CCCCC1)C1CCCCC1)C(F)(F)F.[Ni]. The summed E-state index contributed by atoms with van der Waals surface area (Å²) < 4.78 is 45.4. The van der Waals surface area contributed by atoms with Gasteiger partial charge in [0.05, 0.1) is 0 Å². The molecule has 0 radical (unpaired) electrons. The Morgan fingerprint density at radius 3 is 1.30 bits per heavy atom. The number of rotatable bonds is 4. The minimum absolute atomic E-state index is 0. The van der Waals surface area contributed by atoms with Crippen molar-refractivity contribution in [3.05, 3.63) is 19.6 Å². The zero-order valence-corrected chi connectivity index (χ0v) is 19.9. The van der Waals surface area contributed by atoms with Crippen LogP contribution in [0.4, 0.5) is 13.2 Å². The summed E-state index contributed by atoms with van der Waals surface area (Å²) in [7, 11) is -2.44. The quantitative estimate of drug-likeness (QED) is 0.225. The molecule has 0 bridgehead atoms. The van der Waals surface area contributed by atoms with Gasteiger partial charge in [0.25, 0.3) is 0 Å². The molecule has 2 nitrogen and oxygen atoms in total. The Morgan fingerprint density at radius 1 is 0.800 bits per heavy atom. The Labute approximate surface area is 191 Å². The third-order valence-corrected chi connectivity index (χ3v) is 12.4. The molecule has 3 rings (SSSR count). The molecule has 3 aliphatic carbocycles. The summed E-state index contributed by atoms with van der Waals surface area (Å²) in [6, 6.07) is 0. The molecule has 0 amide bonds. The molecule has 0 spiro atoms. The normalized spacial score (nSPS) is 22.2. The van der Waals surface area contributed by atoms with Crippen LogP contribution in [0.25, 0.3) is 0 Å². The Morgan fingerprint density at radius 2 is 1.07 bits per heavy atom. The fraction of sp³-hybridized carbons (Fsp3) is 0.826. The van der Waals surface area contributed by atoms with Gasteiger partial charge in [0.2, 0.25) is 7.49 Å². The minimum atomic E-state index is -4.87. The molecule has 0 aromatic rings. The third-order valence-electron chi connectivity index (χ3n) is 6.91. The Kier molecular flexibility index (Phi) is 12.4. The van der Waals surface area contributed by atoms with E-state index in [1.165, 1.54) is 25.3 Å². The van der Waals surface area contributed by atoms with Crippen LogP contribution in [0.3, 0.4) is 0 Å². The average Bonchev–Trinajstić information content (AvgIpc) is 2.73. The number of allylic oxidation sites excluding steroid dienone is 1. The fourth-order valence-electron chi connectivity index (χ4n) is 5.77. The van der Waals surface area contributed by atoms with E-state index in [-0.39, 0.29) is 33.5 Å². The van der Waals surface area contributed by atoms with Gasteiger partial charge < -0.3 is 4.52 Å². The van der Waals surface area contributed by atoms with Crippen molar-refractivity contribution in [1.29, 1.82) is 0 Å². The van der Waals surface area contributed by atoms with E-state index in [1.807, 2.05) is 0 Å².